The Kier molecular flexibility index (Phi) is 4.72. The fraction of sp³-hybridized carbons (Fsp3) is 0.500. The van der Waals surface area contributed by atoms with Crippen molar-refractivity contribution < 1.29 is 14.3 Å². The number of carbonyl (C=O) groups is 2. The first-order chi connectivity index (χ1) is 9.20. The lowest BCUT2D eigenvalue weighted by Gasteiger charge is -2.19. The van der Waals surface area contributed by atoms with Crippen molar-refractivity contribution in [1.29, 1.82) is 0 Å². The molecule has 0 saturated heterocycles. The number of ether oxygens (including phenoxy) is 1. The van der Waals surface area contributed by atoms with Gasteiger partial charge in [-0.15, -0.1) is 0 Å². The van der Waals surface area contributed by atoms with Crippen molar-refractivity contribution in [3.05, 3.63) is 29.8 Å². The number of Topliss-reactive ketones (excluding diaryl/α,β-unsaturated/α-hetero) is 2. The van der Waals surface area contributed by atoms with Gasteiger partial charge < -0.3 is 4.74 Å². The quantitative estimate of drug-likeness (QED) is 0.762. The van der Waals surface area contributed by atoms with Crippen LogP contribution < -0.4 is 4.74 Å². The number of ketones is 2. The average molecular weight is 260 g/mol. The van der Waals surface area contributed by atoms with E-state index in [0.29, 0.717) is 25.0 Å². The summed E-state index contributed by atoms with van der Waals surface area (Å²) in [4.78, 5) is 23.8. The molecule has 1 aromatic rings. The highest BCUT2D eigenvalue weighted by atomic mass is 16.5. The molecule has 19 heavy (non-hydrogen) atoms. The Balaban J connectivity index is 2.07. The Bertz CT molecular complexity index is 465. The van der Waals surface area contributed by atoms with Crippen molar-refractivity contribution in [2.45, 2.75) is 39.0 Å². The summed E-state index contributed by atoms with van der Waals surface area (Å²) in [5.74, 6) is 0.885. The molecule has 2 rings (SSSR count). The zero-order valence-corrected chi connectivity index (χ0v) is 11.4. The number of hydrogen-bond donors (Lipinski definition) is 0. The maximum atomic E-state index is 12.4. The van der Waals surface area contributed by atoms with Crippen LogP contribution in [-0.4, -0.2) is 18.2 Å². The zero-order chi connectivity index (χ0) is 13.7. The van der Waals surface area contributed by atoms with E-state index in [1.165, 1.54) is 0 Å². The van der Waals surface area contributed by atoms with Gasteiger partial charge >= 0.3 is 0 Å². The smallest absolute Gasteiger partial charge is 0.166 e. The predicted octanol–water partition coefficient (Wildman–Crippen LogP) is 3.42. The molecular formula is C16H20O3. The van der Waals surface area contributed by atoms with Crippen LogP contribution >= 0.6 is 0 Å². The van der Waals surface area contributed by atoms with Crippen molar-refractivity contribution in [2.24, 2.45) is 5.92 Å². The van der Waals surface area contributed by atoms with Crippen molar-refractivity contribution in [3.63, 3.8) is 0 Å². The molecule has 1 saturated carbocycles. The molecule has 0 bridgehead atoms. The lowest BCUT2D eigenvalue weighted by Crippen LogP contribution is -2.23. The summed E-state index contributed by atoms with van der Waals surface area (Å²) in [6.45, 7) is 2.70. The van der Waals surface area contributed by atoms with Gasteiger partial charge in [0.2, 0.25) is 0 Å². The van der Waals surface area contributed by atoms with Crippen LogP contribution in [0.2, 0.25) is 0 Å². The van der Waals surface area contributed by atoms with E-state index in [1.54, 1.807) is 12.1 Å². The summed E-state index contributed by atoms with van der Waals surface area (Å²) >= 11 is 0. The minimum atomic E-state index is -0.136. The molecule has 3 nitrogen and oxygen atoms in total. The molecule has 0 aromatic heterocycles. The largest absolute Gasteiger partial charge is 0.494 e. The van der Waals surface area contributed by atoms with Gasteiger partial charge in [0, 0.05) is 24.3 Å². The summed E-state index contributed by atoms with van der Waals surface area (Å²) < 4.78 is 5.54. The Hall–Kier alpha value is -1.64. The standard InChI is InChI=1S/C16H20O3/c1-2-9-19-15-8-4-6-13(11-15)16(18)12-5-3-7-14(17)10-12/h4,6,8,11-12H,2-3,5,7,9-10H2,1H3. The normalized spacial score (nSPS) is 19.2. The maximum absolute atomic E-state index is 12.4. The Morgan fingerprint density at radius 1 is 1.42 bits per heavy atom. The van der Waals surface area contributed by atoms with Crippen LogP contribution in [0, 0.1) is 5.92 Å². The summed E-state index contributed by atoms with van der Waals surface area (Å²) in [6.07, 6.45) is 3.63. The molecule has 0 spiro atoms. The molecule has 0 N–H and O–H groups in total. The summed E-state index contributed by atoms with van der Waals surface area (Å²) in [7, 11) is 0. The molecule has 1 fully saturated rings. The van der Waals surface area contributed by atoms with E-state index in [4.69, 9.17) is 4.74 Å². The van der Waals surface area contributed by atoms with Crippen LogP contribution in [0.3, 0.4) is 0 Å². The average Bonchev–Trinajstić information content (AvgIpc) is 2.44. The summed E-state index contributed by atoms with van der Waals surface area (Å²) in [5.41, 5.74) is 0.660. The van der Waals surface area contributed by atoms with Crippen molar-refractivity contribution >= 4 is 11.6 Å². The minimum Gasteiger partial charge on any atom is -0.494 e. The van der Waals surface area contributed by atoms with Crippen molar-refractivity contribution in [3.8, 4) is 5.75 Å². The van der Waals surface area contributed by atoms with Gasteiger partial charge in [-0.2, -0.15) is 0 Å². The third kappa shape index (κ3) is 3.66. The lowest BCUT2D eigenvalue weighted by molar-refractivity contribution is -0.121. The molecule has 102 valence electrons. The fourth-order valence-electron chi connectivity index (χ4n) is 2.44. The van der Waals surface area contributed by atoms with Gasteiger partial charge in [0.15, 0.2) is 5.78 Å². The topological polar surface area (TPSA) is 43.4 Å². The van der Waals surface area contributed by atoms with Gasteiger partial charge in [-0.05, 0) is 31.4 Å². The molecule has 1 unspecified atom stereocenters. The highest BCUT2D eigenvalue weighted by molar-refractivity contribution is 6.00. The number of hydrogen-bond acceptors (Lipinski definition) is 3. The zero-order valence-electron chi connectivity index (χ0n) is 11.4. The van der Waals surface area contributed by atoms with E-state index in [9.17, 15) is 9.59 Å². The van der Waals surface area contributed by atoms with E-state index in [1.807, 2.05) is 19.1 Å². The van der Waals surface area contributed by atoms with Gasteiger partial charge in [-0.3, -0.25) is 9.59 Å². The third-order valence-electron chi connectivity index (χ3n) is 3.44. The third-order valence-corrected chi connectivity index (χ3v) is 3.44. The Labute approximate surface area is 114 Å². The predicted molar refractivity (Wildman–Crippen MR) is 73.5 cm³/mol. The van der Waals surface area contributed by atoms with Crippen LogP contribution in [0.25, 0.3) is 0 Å². The van der Waals surface area contributed by atoms with Gasteiger partial charge in [-0.25, -0.2) is 0 Å². The van der Waals surface area contributed by atoms with E-state index in [2.05, 4.69) is 0 Å². The van der Waals surface area contributed by atoms with Gasteiger partial charge in [0.25, 0.3) is 0 Å². The fourth-order valence-corrected chi connectivity index (χ4v) is 2.44. The number of rotatable bonds is 5. The van der Waals surface area contributed by atoms with Crippen LogP contribution in [0.5, 0.6) is 5.75 Å². The highest BCUT2D eigenvalue weighted by Crippen LogP contribution is 2.26. The molecule has 1 aliphatic carbocycles. The van der Waals surface area contributed by atoms with E-state index in [0.717, 1.165) is 25.0 Å². The van der Waals surface area contributed by atoms with Crippen molar-refractivity contribution in [1.82, 2.24) is 0 Å². The minimum absolute atomic E-state index is 0.0787. The molecule has 3 heteroatoms. The first kappa shape index (κ1) is 13.8. The van der Waals surface area contributed by atoms with Crippen LogP contribution in [0.1, 0.15) is 49.4 Å². The first-order valence-electron chi connectivity index (χ1n) is 6.99. The molecule has 0 aliphatic heterocycles. The molecule has 1 aromatic carbocycles. The Morgan fingerprint density at radius 2 is 2.26 bits per heavy atom. The maximum Gasteiger partial charge on any atom is 0.166 e. The SMILES string of the molecule is CCCOc1cccc(C(=O)C2CCCC(=O)C2)c1. The first-order valence-corrected chi connectivity index (χ1v) is 6.99. The second kappa shape index (κ2) is 6.50. The van der Waals surface area contributed by atoms with Gasteiger partial charge in [0.05, 0.1) is 6.61 Å². The molecule has 0 radical (unpaired) electrons. The van der Waals surface area contributed by atoms with Crippen molar-refractivity contribution in [2.75, 3.05) is 6.61 Å². The summed E-state index contributed by atoms with van der Waals surface area (Å²) in [6, 6.07) is 7.29. The number of benzene rings is 1. The van der Waals surface area contributed by atoms with Crippen LogP contribution in [0.4, 0.5) is 0 Å². The van der Waals surface area contributed by atoms with E-state index in [-0.39, 0.29) is 17.5 Å². The Morgan fingerprint density at radius 3 is 3.00 bits per heavy atom. The van der Waals surface area contributed by atoms with Crippen LogP contribution in [-0.2, 0) is 4.79 Å². The molecule has 0 heterocycles. The molecule has 1 aliphatic rings. The highest BCUT2D eigenvalue weighted by Gasteiger charge is 2.26. The van der Waals surface area contributed by atoms with Gasteiger partial charge in [0.1, 0.15) is 11.5 Å². The second-order valence-corrected chi connectivity index (χ2v) is 5.07. The van der Waals surface area contributed by atoms with Crippen LogP contribution in [0.15, 0.2) is 24.3 Å². The van der Waals surface area contributed by atoms with E-state index >= 15 is 0 Å². The lowest BCUT2D eigenvalue weighted by atomic mass is 9.83. The number of carbonyl (C=O) groups excluding carboxylic acids is 2. The molecule has 1 atom stereocenters. The van der Waals surface area contributed by atoms with E-state index < -0.39 is 0 Å². The monoisotopic (exact) mass is 260 g/mol. The molecular weight excluding hydrogens is 240 g/mol. The van der Waals surface area contributed by atoms with Gasteiger partial charge in [-0.1, -0.05) is 19.1 Å². The second-order valence-electron chi connectivity index (χ2n) is 5.07. The summed E-state index contributed by atoms with van der Waals surface area (Å²) in [5, 5.41) is 0. The molecule has 0 amide bonds.